The summed E-state index contributed by atoms with van der Waals surface area (Å²) in [6, 6.07) is 0. The van der Waals surface area contributed by atoms with Crippen molar-refractivity contribution in [2.45, 2.75) is 0 Å². The molecular weight excluding hydrogens is 138 g/mol. The standard InChI is InChI=1S/HNO3.H3N.2H3P/c2-1(3)4;;;/h(H,2,3,4);3*1H3. The molecule has 0 saturated heterocycles. The molecule has 0 aromatic rings. The highest BCUT2D eigenvalue weighted by molar-refractivity contribution is 6.92. The fourth-order valence-corrected chi connectivity index (χ4v) is 0. The predicted octanol–water partition coefficient (Wildman–Crippen LogP) is -0.0695. The molecule has 0 bridgehead atoms. The van der Waals surface area contributed by atoms with Gasteiger partial charge in [-0.25, -0.2) is 0 Å². The van der Waals surface area contributed by atoms with E-state index in [1.807, 2.05) is 0 Å². The Morgan fingerprint density at radius 1 is 1.43 bits per heavy atom. The Hall–Kier alpha value is 0.0200. The first-order valence-corrected chi connectivity index (χ1v) is 0.565. The molecule has 0 aromatic carbocycles. The number of hydrogen-bond donors (Lipinski definition) is 2. The van der Waals surface area contributed by atoms with Gasteiger partial charge in [0.05, 0.1) is 0 Å². The Bertz CT molecular complexity index is 33.9. The van der Waals surface area contributed by atoms with Crippen LogP contribution in [0.15, 0.2) is 0 Å². The fraction of sp³-hybridized carbons (Fsp3) is 0. The van der Waals surface area contributed by atoms with Gasteiger partial charge in [-0.1, -0.05) is 0 Å². The van der Waals surface area contributed by atoms with E-state index in [0.29, 0.717) is 0 Å². The normalized spacial score (nSPS) is 3.43. The van der Waals surface area contributed by atoms with Gasteiger partial charge in [-0.2, -0.15) is 19.8 Å². The molecule has 48 valence electrons. The van der Waals surface area contributed by atoms with Gasteiger partial charge in [0, 0.05) is 0 Å². The smallest absolute Gasteiger partial charge is 0.291 e. The van der Waals surface area contributed by atoms with E-state index in [-0.39, 0.29) is 25.9 Å². The summed E-state index contributed by atoms with van der Waals surface area (Å²) in [5, 5.41) is 13.6. The Balaban J connectivity index is -0.0000000150. The molecule has 0 aliphatic rings. The SMILES string of the molecule is N.O=[N+]([O-])O.P.P. The molecule has 0 aliphatic heterocycles. The van der Waals surface area contributed by atoms with Crippen molar-refractivity contribution in [3.8, 4) is 0 Å². The molecule has 7 heteroatoms. The highest BCUT2D eigenvalue weighted by Gasteiger charge is 1.65. The summed E-state index contributed by atoms with van der Waals surface area (Å²) >= 11 is 0. The van der Waals surface area contributed by atoms with Gasteiger partial charge < -0.3 is 11.4 Å². The average Bonchev–Trinajstić information content (AvgIpc) is 0.811. The van der Waals surface area contributed by atoms with E-state index in [1.165, 1.54) is 0 Å². The van der Waals surface area contributed by atoms with Gasteiger partial charge in [-0.3, -0.25) is 0 Å². The molecular formula is H10N2O3P2. The van der Waals surface area contributed by atoms with Crippen molar-refractivity contribution < 1.29 is 10.3 Å². The summed E-state index contributed by atoms with van der Waals surface area (Å²) in [5.74, 6) is 0. The van der Waals surface area contributed by atoms with Crippen molar-refractivity contribution in [2.24, 2.45) is 0 Å². The third-order valence-corrected chi connectivity index (χ3v) is 0. The van der Waals surface area contributed by atoms with Crippen LogP contribution in [0.4, 0.5) is 0 Å². The maximum Gasteiger partial charge on any atom is 0.291 e. The molecule has 0 fully saturated rings. The van der Waals surface area contributed by atoms with Gasteiger partial charge in [0.15, 0.2) is 0 Å². The highest BCUT2D eigenvalue weighted by atomic mass is 31.0. The lowest BCUT2D eigenvalue weighted by atomic mass is 13.1. The maximum absolute atomic E-state index is 8.36. The van der Waals surface area contributed by atoms with E-state index in [2.05, 4.69) is 0 Å². The Kier molecular flexibility index (Phi) is 66.3. The summed E-state index contributed by atoms with van der Waals surface area (Å²) in [4.78, 5) is 8.36. The molecule has 0 amide bonds. The van der Waals surface area contributed by atoms with Crippen LogP contribution in [-0.2, 0) is 0 Å². The Labute approximate surface area is 47.4 Å². The van der Waals surface area contributed by atoms with Gasteiger partial charge in [-0.15, -0.1) is 10.1 Å². The van der Waals surface area contributed by atoms with Crippen LogP contribution in [0.2, 0.25) is 0 Å². The monoisotopic (exact) mass is 148 g/mol. The van der Waals surface area contributed by atoms with Crippen LogP contribution in [0.3, 0.4) is 0 Å². The second-order valence-corrected chi connectivity index (χ2v) is 0.238. The van der Waals surface area contributed by atoms with Crippen LogP contribution in [0.5, 0.6) is 0 Å². The summed E-state index contributed by atoms with van der Waals surface area (Å²) in [7, 11) is 0. The number of nitrogens with zero attached hydrogens (tertiary/aromatic N) is 1. The van der Waals surface area contributed by atoms with Crippen LogP contribution in [0.25, 0.3) is 0 Å². The molecule has 5 nitrogen and oxygen atoms in total. The molecule has 0 aromatic heterocycles. The topological polar surface area (TPSA) is 98.4 Å². The fourth-order valence-electron chi connectivity index (χ4n) is 0. The molecule has 0 heterocycles. The minimum atomic E-state index is -1.50. The van der Waals surface area contributed by atoms with Crippen molar-refractivity contribution in [2.75, 3.05) is 0 Å². The lowest BCUT2D eigenvalue weighted by Crippen LogP contribution is -1.81. The van der Waals surface area contributed by atoms with Crippen molar-refractivity contribution in [3.05, 3.63) is 10.1 Å². The third-order valence-electron chi connectivity index (χ3n) is 0. The summed E-state index contributed by atoms with van der Waals surface area (Å²) in [6.45, 7) is 0. The molecule has 2 unspecified atom stereocenters. The average molecular weight is 148 g/mol. The molecule has 0 saturated carbocycles. The van der Waals surface area contributed by atoms with E-state index in [0.717, 1.165) is 0 Å². The molecule has 0 spiro atoms. The first kappa shape index (κ1) is 27.9. The van der Waals surface area contributed by atoms with E-state index < -0.39 is 5.09 Å². The molecule has 4 N–H and O–H groups in total. The van der Waals surface area contributed by atoms with Crippen LogP contribution in [-0.4, -0.2) is 10.3 Å². The Morgan fingerprint density at radius 3 is 1.43 bits per heavy atom. The van der Waals surface area contributed by atoms with Crippen molar-refractivity contribution in [1.29, 1.82) is 0 Å². The second-order valence-electron chi connectivity index (χ2n) is 0.238. The highest BCUT2D eigenvalue weighted by Crippen LogP contribution is 1.38. The molecule has 0 rings (SSSR count). The zero-order valence-corrected chi connectivity index (χ0v) is 6.66. The predicted molar refractivity (Wildman–Crippen MR) is 36.0 cm³/mol. The maximum atomic E-state index is 8.36. The number of hydrogen-bond acceptors (Lipinski definition) is 3. The van der Waals surface area contributed by atoms with Crippen molar-refractivity contribution in [1.82, 2.24) is 6.15 Å². The van der Waals surface area contributed by atoms with Gasteiger partial charge in [-0.05, 0) is 0 Å². The van der Waals surface area contributed by atoms with E-state index in [9.17, 15) is 0 Å². The quantitative estimate of drug-likeness (QED) is 0.285. The summed E-state index contributed by atoms with van der Waals surface area (Å²) in [5.41, 5.74) is 0. The molecule has 0 radical (unpaired) electrons. The van der Waals surface area contributed by atoms with Gasteiger partial charge in [0.25, 0.3) is 5.09 Å². The van der Waals surface area contributed by atoms with E-state index >= 15 is 0 Å². The zero-order valence-electron chi connectivity index (χ0n) is 3.83. The lowest BCUT2D eigenvalue weighted by molar-refractivity contribution is -0.742. The molecule has 7 heavy (non-hydrogen) atoms. The molecule has 2 atom stereocenters. The zero-order chi connectivity index (χ0) is 3.58. The minimum Gasteiger partial charge on any atom is -0.344 e. The largest absolute Gasteiger partial charge is 0.344 e. The van der Waals surface area contributed by atoms with Crippen molar-refractivity contribution in [3.63, 3.8) is 0 Å². The first-order valence-electron chi connectivity index (χ1n) is 0.565. The van der Waals surface area contributed by atoms with Gasteiger partial charge >= 0.3 is 0 Å². The molecule has 0 aliphatic carbocycles. The summed E-state index contributed by atoms with van der Waals surface area (Å²) in [6.07, 6.45) is 0. The first-order chi connectivity index (χ1) is 1.73. The Morgan fingerprint density at radius 2 is 1.43 bits per heavy atom. The van der Waals surface area contributed by atoms with Gasteiger partial charge in [0.2, 0.25) is 0 Å². The second kappa shape index (κ2) is 16.6. The van der Waals surface area contributed by atoms with E-state index in [4.69, 9.17) is 15.3 Å². The lowest BCUT2D eigenvalue weighted by Gasteiger charge is -1.56. The number of rotatable bonds is 0. The summed E-state index contributed by atoms with van der Waals surface area (Å²) < 4.78 is 0. The van der Waals surface area contributed by atoms with Crippen LogP contribution < -0.4 is 6.15 Å². The van der Waals surface area contributed by atoms with E-state index in [1.54, 1.807) is 0 Å². The van der Waals surface area contributed by atoms with Crippen LogP contribution >= 0.6 is 19.8 Å². The van der Waals surface area contributed by atoms with Crippen molar-refractivity contribution >= 4 is 19.8 Å². The van der Waals surface area contributed by atoms with Gasteiger partial charge in [0.1, 0.15) is 0 Å². The van der Waals surface area contributed by atoms with Crippen LogP contribution in [0, 0.1) is 10.1 Å². The van der Waals surface area contributed by atoms with Crippen LogP contribution in [0.1, 0.15) is 0 Å². The third kappa shape index (κ3) is 243000. The minimum absolute atomic E-state index is 0.